The summed E-state index contributed by atoms with van der Waals surface area (Å²) in [5.41, 5.74) is 6.32. The van der Waals surface area contributed by atoms with Crippen molar-refractivity contribution in [2.45, 2.75) is 33.3 Å². The largest absolute Gasteiger partial charge is 0.398 e. The predicted octanol–water partition coefficient (Wildman–Crippen LogP) is 1.78. The minimum atomic E-state index is -0.489. The van der Waals surface area contributed by atoms with Gasteiger partial charge in [0.1, 0.15) is 0 Å². The molecule has 1 amide bonds. The van der Waals surface area contributed by atoms with E-state index in [0.717, 1.165) is 4.88 Å². The molecule has 0 aromatic carbocycles. The molecule has 1 unspecified atom stereocenters. The minimum Gasteiger partial charge on any atom is -0.398 e. The summed E-state index contributed by atoms with van der Waals surface area (Å²) in [6.07, 6.45) is 0.198. The van der Waals surface area contributed by atoms with Gasteiger partial charge in [-0.25, -0.2) is 0 Å². The molecule has 0 fully saturated rings. The highest BCUT2D eigenvalue weighted by Gasteiger charge is 2.13. The predicted molar refractivity (Wildman–Crippen MR) is 71.3 cm³/mol. The molecule has 4 nitrogen and oxygen atoms in total. The van der Waals surface area contributed by atoms with E-state index in [1.165, 1.54) is 11.3 Å². The number of anilines is 1. The molecule has 0 spiro atoms. The Morgan fingerprint density at radius 1 is 1.59 bits per heavy atom. The summed E-state index contributed by atoms with van der Waals surface area (Å²) < 4.78 is 0. The van der Waals surface area contributed by atoms with Crippen molar-refractivity contribution in [2.75, 3.05) is 12.3 Å². The number of carbonyl (C=O) groups is 1. The maximum atomic E-state index is 11.7. The highest BCUT2D eigenvalue weighted by molar-refractivity contribution is 7.14. The van der Waals surface area contributed by atoms with Gasteiger partial charge in [-0.3, -0.25) is 4.79 Å². The highest BCUT2D eigenvalue weighted by atomic mass is 32.1. The Morgan fingerprint density at radius 3 is 2.71 bits per heavy atom. The van der Waals surface area contributed by atoms with Crippen molar-refractivity contribution in [1.82, 2.24) is 5.32 Å². The number of aryl methyl sites for hydroxylation is 1. The van der Waals surface area contributed by atoms with Crippen molar-refractivity contribution in [1.29, 1.82) is 0 Å². The zero-order valence-electron chi connectivity index (χ0n) is 10.5. The van der Waals surface area contributed by atoms with Gasteiger partial charge in [-0.1, -0.05) is 13.8 Å². The molecular formula is C12H20N2O2S. The molecule has 0 saturated heterocycles. The molecule has 1 rings (SSSR count). The summed E-state index contributed by atoms with van der Waals surface area (Å²) in [7, 11) is 0. The third-order valence-corrected chi connectivity index (χ3v) is 3.49. The first-order chi connectivity index (χ1) is 7.90. The molecule has 0 aliphatic rings. The van der Waals surface area contributed by atoms with E-state index in [9.17, 15) is 9.90 Å². The van der Waals surface area contributed by atoms with Gasteiger partial charge in [0.2, 0.25) is 0 Å². The van der Waals surface area contributed by atoms with E-state index in [4.69, 9.17) is 5.73 Å². The second-order valence-corrected chi connectivity index (χ2v) is 5.87. The topological polar surface area (TPSA) is 75.3 Å². The van der Waals surface area contributed by atoms with Crippen molar-refractivity contribution < 1.29 is 9.90 Å². The third kappa shape index (κ3) is 4.36. The van der Waals surface area contributed by atoms with Crippen LogP contribution in [0.3, 0.4) is 0 Å². The van der Waals surface area contributed by atoms with Crippen LogP contribution in [0.1, 0.15) is 34.8 Å². The number of hydrogen-bond acceptors (Lipinski definition) is 4. The van der Waals surface area contributed by atoms with Crippen molar-refractivity contribution >= 4 is 22.9 Å². The quantitative estimate of drug-likeness (QED) is 0.751. The van der Waals surface area contributed by atoms with E-state index < -0.39 is 6.10 Å². The lowest BCUT2D eigenvalue weighted by Gasteiger charge is -2.13. The lowest BCUT2D eigenvalue weighted by atomic mass is 10.1. The number of hydrogen-bond donors (Lipinski definition) is 3. The van der Waals surface area contributed by atoms with Crippen LogP contribution in [-0.4, -0.2) is 23.7 Å². The number of amides is 1. The Hall–Kier alpha value is -1.07. The number of carbonyl (C=O) groups excluding carboxylic acids is 1. The Morgan fingerprint density at radius 2 is 2.24 bits per heavy atom. The van der Waals surface area contributed by atoms with E-state index in [2.05, 4.69) is 5.32 Å². The summed E-state index contributed by atoms with van der Waals surface area (Å²) in [5, 5.41) is 12.3. The molecule has 0 saturated carbocycles. The molecular weight excluding hydrogens is 236 g/mol. The Bertz CT molecular complexity index is 368. The highest BCUT2D eigenvalue weighted by Crippen LogP contribution is 2.23. The van der Waals surface area contributed by atoms with Crippen LogP contribution in [0.5, 0.6) is 0 Å². The minimum absolute atomic E-state index is 0.169. The van der Waals surface area contributed by atoms with Gasteiger partial charge >= 0.3 is 0 Å². The second-order valence-electron chi connectivity index (χ2n) is 4.62. The normalized spacial score (nSPS) is 12.8. The van der Waals surface area contributed by atoms with Gasteiger partial charge in [-0.2, -0.15) is 0 Å². The van der Waals surface area contributed by atoms with Gasteiger partial charge in [0.25, 0.3) is 5.91 Å². The first-order valence-corrected chi connectivity index (χ1v) is 6.54. The van der Waals surface area contributed by atoms with Crippen LogP contribution < -0.4 is 11.1 Å². The maximum Gasteiger partial charge on any atom is 0.261 e. The fraction of sp³-hybridized carbons (Fsp3) is 0.583. The number of aliphatic hydroxyl groups excluding tert-OH is 1. The second kappa shape index (κ2) is 6.02. The molecule has 0 radical (unpaired) electrons. The average molecular weight is 256 g/mol. The van der Waals surface area contributed by atoms with E-state index >= 15 is 0 Å². The van der Waals surface area contributed by atoms with E-state index in [1.54, 1.807) is 6.07 Å². The van der Waals surface area contributed by atoms with Gasteiger partial charge in [-0.15, -0.1) is 11.3 Å². The number of aliphatic hydroxyl groups is 1. The number of nitrogen functional groups attached to an aromatic ring is 1. The summed E-state index contributed by atoms with van der Waals surface area (Å²) in [6, 6.07) is 1.67. The molecule has 17 heavy (non-hydrogen) atoms. The smallest absolute Gasteiger partial charge is 0.261 e. The van der Waals surface area contributed by atoms with E-state index in [0.29, 0.717) is 22.9 Å². The SMILES string of the molecule is Cc1sc(C(=O)NCC(O)CC(C)C)cc1N. The van der Waals surface area contributed by atoms with Gasteiger partial charge in [0.05, 0.1) is 11.0 Å². The molecule has 0 bridgehead atoms. The summed E-state index contributed by atoms with van der Waals surface area (Å²) >= 11 is 1.37. The lowest BCUT2D eigenvalue weighted by molar-refractivity contribution is 0.0904. The molecule has 1 aromatic heterocycles. The van der Waals surface area contributed by atoms with Crippen LogP contribution in [0.2, 0.25) is 0 Å². The Balaban J connectivity index is 2.45. The fourth-order valence-corrected chi connectivity index (χ4v) is 2.39. The van der Waals surface area contributed by atoms with Crippen LogP contribution >= 0.6 is 11.3 Å². The van der Waals surface area contributed by atoms with Crippen molar-refractivity contribution in [3.63, 3.8) is 0 Å². The standard InChI is InChI=1S/C12H20N2O2S/c1-7(2)4-9(15)6-14-12(16)11-5-10(13)8(3)17-11/h5,7,9,15H,4,6,13H2,1-3H3,(H,14,16). The zero-order chi connectivity index (χ0) is 13.0. The van der Waals surface area contributed by atoms with Crippen LogP contribution in [0.25, 0.3) is 0 Å². The Labute approximate surface area is 106 Å². The van der Waals surface area contributed by atoms with Gasteiger partial charge in [0.15, 0.2) is 0 Å². The average Bonchev–Trinajstić information content (AvgIpc) is 2.55. The first kappa shape index (κ1) is 14.0. The van der Waals surface area contributed by atoms with E-state index in [1.807, 2.05) is 20.8 Å². The molecule has 0 aliphatic carbocycles. The molecule has 0 aliphatic heterocycles. The van der Waals surface area contributed by atoms with E-state index in [-0.39, 0.29) is 12.5 Å². The molecule has 1 atom stereocenters. The molecule has 1 heterocycles. The van der Waals surface area contributed by atoms with Gasteiger partial charge in [0, 0.05) is 17.1 Å². The zero-order valence-corrected chi connectivity index (χ0v) is 11.3. The van der Waals surface area contributed by atoms with Gasteiger partial charge in [-0.05, 0) is 25.3 Å². The lowest BCUT2D eigenvalue weighted by Crippen LogP contribution is -2.32. The van der Waals surface area contributed by atoms with Gasteiger partial charge < -0.3 is 16.2 Å². The van der Waals surface area contributed by atoms with Crippen molar-refractivity contribution in [3.05, 3.63) is 15.8 Å². The Kier molecular flexibility index (Phi) is 4.96. The molecule has 1 aromatic rings. The first-order valence-electron chi connectivity index (χ1n) is 5.72. The molecule has 96 valence electrons. The molecule has 4 N–H and O–H groups in total. The maximum absolute atomic E-state index is 11.7. The number of nitrogens with one attached hydrogen (secondary N) is 1. The number of rotatable bonds is 5. The van der Waals surface area contributed by atoms with Crippen molar-refractivity contribution in [3.8, 4) is 0 Å². The van der Waals surface area contributed by atoms with Crippen LogP contribution in [0.15, 0.2) is 6.07 Å². The monoisotopic (exact) mass is 256 g/mol. The van der Waals surface area contributed by atoms with Crippen LogP contribution in [-0.2, 0) is 0 Å². The van der Waals surface area contributed by atoms with Crippen molar-refractivity contribution in [2.24, 2.45) is 5.92 Å². The summed E-state index contributed by atoms with van der Waals surface area (Å²) in [5.74, 6) is 0.249. The summed E-state index contributed by atoms with van der Waals surface area (Å²) in [6.45, 7) is 6.24. The summed E-state index contributed by atoms with van der Waals surface area (Å²) in [4.78, 5) is 13.3. The fourth-order valence-electron chi connectivity index (χ4n) is 1.53. The third-order valence-electron chi connectivity index (χ3n) is 2.42. The van der Waals surface area contributed by atoms with Crippen LogP contribution in [0.4, 0.5) is 5.69 Å². The number of thiophene rings is 1. The molecule has 5 heteroatoms. The number of nitrogens with two attached hydrogens (primary N) is 1. The van der Waals surface area contributed by atoms with Crippen LogP contribution in [0, 0.1) is 12.8 Å².